The van der Waals surface area contributed by atoms with E-state index in [-0.39, 0.29) is 0 Å². The number of carbonyl (C=O) groups excluding carboxylic acids is 1. The molecule has 0 saturated heterocycles. The second-order valence-corrected chi connectivity index (χ2v) is 9.09. The molecule has 0 saturated carbocycles. The molecule has 2 N–H and O–H groups in total. The number of benzene rings is 1. The molecule has 1 atom stereocenters. The molecule has 0 fully saturated rings. The summed E-state index contributed by atoms with van der Waals surface area (Å²) in [4.78, 5) is 16.2. The smallest absolute Gasteiger partial charge is 0.273 e. The van der Waals surface area contributed by atoms with E-state index < -0.39 is 15.9 Å². The summed E-state index contributed by atoms with van der Waals surface area (Å²) in [6, 6.07) is 11.0. The second-order valence-electron chi connectivity index (χ2n) is 6.39. The van der Waals surface area contributed by atoms with E-state index >= 15 is 0 Å². The summed E-state index contributed by atoms with van der Waals surface area (Å²) in [5.41, 5.74) is 4.28. The molecule has 5 nitrogen and oxygen atoms in total. The summed E-state index contributed by atoms with van der Waals surface area (Å²) < 4.78 is 24.0. The Hall–Kier alpha value is -1.96. The number of hydrogen-bond donors (Lipinski definition) is 2. The maximum atomic E-state index is 12.3. The number of fused-ring (bicyclic) bond motifs is 1. The van der Waals surface area contributed by atoms with Gasteiger partial charge in [0.15, 0.2) is 0 Å². The molecule has 2 aromatic rings. The number of nitrogens with one attached hydrogen (secondary N) is 2. The first kappa shape index (κ1) is 18.8. The standard InChI is InChI=1S/C19H22N2O3S2/c1-2-14-8-9-17-16(12-14)13-18(25-17)19(22)20-21-26(23,24)11-10-15-6-4-3-5-7-15/h3-7,10-11,13-14,21H,2,8-9,12H2,1H3,(H,20,22). The number of rotatable bonds is 6. The number of sulfonamides is 1. The number of amides is 1. The first-order valence-electron chi connectivity index (χ1n) is 8.63. The molecule has 7 heteroatoms. The van der Waals surface area contributed by atoms with Gasteiger partial charge in [0.05, 0.1) is 4.88 Å². The van der Waals surface area contributed by atoms with Crippen LogP contribution in [0.1, 0.15) is 45.4 Å². The SMILES string of the molecule is CCC1CCc2sc(C(=O)NNS(=O)(=O)C=Cc3ccccc3)cc2C1. The largest absolute Gasteiger partial charge is 0.276 e. The van der Waals surface area contributed by atoms with Crippen LogP contribution in [0.5, 0.6) is 0 Å². The molecule has 0 radical (unpaired) electrons. The fraction of sp³-hybridized carbons (Fsp3) is 0.316. The number of thiophene rings is 1. The Morgan fingerprint density at radius 1 is 1.31 bits per heavy atom. The van der Waals surface area contributed by atoms with Crippen molar-refractivity contribution in [1.82, 2.24) is 10.3 Å². The van der Waals surface area contributed by atoms with Gasteiger partial charge in [0.1, 0.15) is 0 Å². The first-order chi connectivity index (χ1) is 12.5. The second kappa shape index (κ2) is 8.16. The van der Waals surface area contributed by atoms with Gasteiger partial charge >= 0.3 is 0 Å². The maximum absolute atomic E-state index is 12.3. The van der Waals surface area contributed by atoms with Crippen LogP contribution in [0.15, 0.2) is 41.8 Å². The van der Waals surface area contributed by atoms with E-state index in [9.17, 15) is 13.2 Å². The van der Waals surface area contributed by atoms with Crippen LogP contribution in [0, 0.1) is 5.92 Å². The molecular weight excluding hydrogens is 368 g/mol. The summed E-state index contributed by atoms with van der Waals surface area (Å²) in [6.45, 7) is 2.19. The average molecular weight is 391 g/mol. The van der Waals surface area contributed by atoms with Gasteiger partial charge in [-0.1, -0.05) is 43.7 Å². The zero-order valence-corrected chi connectivity index (χ0v) is 16.2. The normalized spacial score (nSPS) is 17.2. The average Bonchev–Trinajstić information content (AvgIpc) is 3.09. The van der Waals surface area contributed by atoms with Crippen molar-refractivity contribution in [2.24, 2.45) is 5.92 Å². The minimum Gasteiger partial charge on any atom is -0.273 e. The molecule has 1 aliphatic carbocycles. The number of carbonyl (C=O) groups is 1. The summed E-state index contributed by atoms with van der Waals surface area (Å²) in [7, 11) is -3.76. The Bertz CT molecular complexity index is 902. The molecular formula is C19H22N2O3S2. The van der Waals surface area contributed by atoms with Crippen molar-refractivity contribution in [3.05, 3.63) is 62.7 Å². The fourth-order valence-electron chi connectivity index (χ4n) is 3.00. The van der Waals surface area contributed by atoms with E-state index in [0.29, 0.717) is 10.8 Å². The zero-order chi connectivity index (χ0) is 18.6. The van der Waals surface area contributed by atoms with E-state index in [1.807, 2.05) is 24.3 Å². The molecule has 0 aliphatic heterocycles. The van der Waals surface area contributed by atoms with E-state index in [1.54, 1.807) is 12.1 Å². The van der Waals surface area contributed by atoms with Gasteiger partial charge in [-0.25, -0.2) is 8.42 Å². The van der Waals surface area contributed by atoms with Gasteiger partial charge in [-0.2, -0.15) is 0 Å². The van der Waals surface area contributed by atoms with E-state index in [1.165, 1.54) is 27.9 Å². The van der Waals surface area contributed by atoms with Crippen LogP contribution in [-0.4, -0.2) is 14.3 Å². The topological polar surface area (TPSA) is 75.3 Å². The third-order valence-electron chi connectivity index (χ3n) is 4.53. The number of aryl methyl sites for hydroxylation is 1. The molecule has 3 rings (SSSR count). The van der Waals surface area contributed by atoms with Crippen molar-refractivity contribution in [1.29, 1.82) is 0 Å². The summed E-state index contributed by atoms with van der Waals surface area (Å²) in [5.74, 6) is 0.253. The summed E-state index contributed by atoms with van der Waals surface area (Å²) in [6.07, 6.45) is 5.77. The fourth-order valence-corrected chi connectivity index (χ4v) is 4.75. The van der Waals surface area contributed by atoms with Crippen molar-refractivity contribution in [3.8, 4) is 0 Å². The van der Waals surface area contributed by atoms with E-state index in [4.69, 9.17) is 0 Å². The van der Waals surface area contributed by atoms with Crippen LogP contribution in [0.4, 0.5) is 0 Å². The van der Waals surface area contributed by atoms with Gasteiger partial charge in [-0.3, -0.25) is 10.2 Å². The highest BCUT2D eigenvalue weighted by Crippen LogP contribution is 2.33. The quantitative estimate of drug-likeness (QED) is 0.741. The monoisotopic (exact) mass is 390 g/mol. The molecule has 0 bridgehead atoms. The molecule has 0 spiro atoms. The zero-order valence-electron chi connectivity index (χ0n) is 14.6. The third-order valence-corrected chi connectivity index (χ3v) is 6.65. The minimum absolute atomic E-state index is 0.422. The van der Waals surface area contributed by atoms with Gasteiger partial charge in [0, 0.05) is 10.3 Å². The van der Waals surface area contributed by atoms with Gasteiger partial charge in [0.2, 0.25) is 0 Å². The Labute approximate surface area is 158 Å². The van der Waals surface area contributed by atoms with Crippen molar-refractivity contribution < 1.29 is 13.2 Å². The highest BCUT2D eigenvalue weighted by Gasteiger charge is 2.22. The molecule has 1 unspecified atom stereocenters. The molecule has 26 heavy (non-hydrogen) atoms. The molecule has 1 aliphatic rings. The van der Waals surface area contributed by atoms with Gasteiger partial charge in [-0.15, -0.1) is 16.2 Å². The lowest BCUT2D eigenvalue weighted by Gasteiger charge is -2.19. The third kappa shape index (κ3) is 4.81. The van der Waals surface area contributed by atoms with Crippen LogP contribution in [0.25, 0.3) is 6.08 Å². The Balaban J connectivity index is 1.60. The van der Waals surface area contributed by atoms with Gasteiger partial charge in [-0.05, 0) is 48.4 Å². The molecule has 1 heterocycles. The molecule has 138 valence electrons. The highest BCUT2D eigenvalue weighted by atomic mass is 32.2. The van der Waals surface area contributed by atoms with Crippen molar-refractivity contribution in [2.75, 3.05) is 0 Å². The minimum atomic E-state index is -3.76. The number of hydrazine groups is 1. The predicted octanol–water partition coefficient (Wildman–Crippen LogP) is 3.50. The van der Waals surface area contributed by atoms with Crippen molar-refractivity contribution in [2.45, 2.75) is 32.6 Å². The maximum Gasteiger partial charge on any atom is 0.276 e. The Morgan fingerprint density at radius 3 is 2.81 bits per heavy atom. The van der Waals surface area contributed by atoms with E-state index in [0.717, 1.165) is 36.7 Å². The number of hydrogen-bond acceptors (Lipinski definition) is 4. The molecule has 1 amide bonds. The van der Waals surface area contributed by atoms with Crippen molar-refractivity contribution in [3.63, 3.8) is 0 Å². The van der Waals surface area contributed by atoms with Crippen LogP contribution in [-0.2, 0) is 22.9 Å². The van der Waals surface area contributed by atoms with Crippen molar-refractivity contribution >= 4 is 33.3 Å². The predicted molar refractivity (Wildman–Crippen MR) is 105 cm³/mol. The first-order valence-corrected chi connectivity index (χ1v) is 11.0. The Kier molecular flexibility index (Phi) is 5.90. The lowest BCUT2D eigenvalue weighted by Crippen LogP contribution is -2.40. The molecule has 1 aromatic heterocycles. The summed E-state index contributed by atoms with van der Waals surface area (Å²) in [5, 5.41) is 1.04. The van der Waals surface area contributed by atoms with E-state index in [2.05, 4.69) is 17.2 Å². The van der Waals surface area contributed by atoms with Gasteiger partial charge in [0.25, 0.3) is 15.9 Å². The van der Waals surface area contributed by atoms with Crippen LogP contribution < -0.4 is 10.3 Å². The Morgan fingerprint density at radius 2 is 2.08 bits per heavy atom. The lowest BCUT2D eigenvalue weighted by molar-refractivity contribution is 0.0949. The van der Waals surface area contributed by atoms with Crippen LogP contribution >= 0.6 is 11.3 Å². The van der Waals surface area contributed by atoms with Crippen LogP contribution in [0.2, 0.25) is 0 Å². The van der Waals surface area contributed by atoms with Gasteiger partial charge < -0.3 is 0 Å². The summed E-state index contributed by atoms with van der Waals surface area (Å²) >= 11 is 1.45. The molecule has 1 aromatic carbocycles. The lowest BCUT2D eigenvalue weighted by atomic mass is 9.87. The van der Waals surface area contributed by atoms with Crippen LogP contribution in [0.3, 0.4) is 0 Å². The highest BCUT2D eigenvalue weighted by molar-refractivity contribution is 7.92.